The summed E-state index contributed by atoms with van der Waals surface area (Å²) in [5.74, 6) is 0.919. The lowest BCUT2D eigenvalue weighted by Crippen LogP contribution is -2.08. The van der Waals surface area contributed by atoms with Crippen LogP contribution < -0.4 is 5.32 Å². The van der Waals surface area contributed by atoms with Crippen molar-refractivity contribution in [3.63, 3.8) is 0 Å². The van der Waals surface area contributed by atoms with E-state index in [0.29, 0.717) is 10.6 Å². The quantitative estimate of drug-likeness (QED) is 0.914. The number of aromatic nitrogens is 3. The highest BCUT2D eigenvalue weighted by molar-refractivity contribution is 6.32. The summed E-state index contributed by atoms with van der Waals surface area (Å²) in [5.41, 5.74) is 1.37. The Morgan fingerprint density at radius 1 is 1.50 bits per heavy atom. The first-order chi connectivity index (χ1) is 8.70. The molecule has 0 amide bonds. The third kappa shape index (κ3) is 2.79. The molecule has 0 spiro atoms. The number of hydrogen-bond acceptors (Lipinski definition) is 4. The number of nitrogens with zero attached hydrogens (tertiary/aromatic N) is 4. The summed E-state index contributed by atoms with van der Waals surface area (Å²) in [7, 11) is 1.91. The molecule has 0 fully saturated rings. The van der Waals surface area contributed by atoms with Crippen LogP contribution in [0.2, 0.25) is 5.02 Å². The number of benzene rings is 1. The van der Waals surface area contributed by atoms with Crippen LogP contribution in [-0.4, -0.2) is 21.3 Å². The number of rotatable bonds is 4. The first-order valence-electron chi connectivity index (χ1n) is 5.47. The summed E-state index contributed by atoms with van der Waals surface area (Å²) >= 11 is 5.94. The Morgan fingerprint density at radius 3 is 2.94 bits per heavy atom. The Kier molecular flexibility index (Phi) is 3.80. The Labute approximate surface area is 110 Å². The molecule has 0 radical (unpaired) electrons. The molecule has 2 aromatic rings. The first-order valence-corrected chi connectivity index (χ1v) is 5.85. The van der Waals surface area contributed by atoms with Gasteiger partial charge in [-0.2, -0.15) is 5.26 Å². The molecular weight excluding hydrogens is 250 g/mol. The van der Waals surface area contributed by atoms with Crippen LogP contribution in [0.25, 0.3) is 0 Å². The standard InChI is InChI=1S/C12H12ClN5/c1-18-8-16-17-12(18)4-5-15-10-3-2-9(7-14)11(13)6-10/h2-3,6,8,15H,4-5H2,1H3. The van der Waals surface area contributed by atoms with E-state index in [2.05, 4.69) is 15.5 Å². The van der Waals surface area contributed by atoms with Gasteiger partial charge in [0.2, 0.25) is 0 Å². The van der Waals surface area contributed by atoms with Crippen molar-refractivity contribution < 1.29 is 0 Å². The fraction of sp³-hybridized carbons (Fsp3) is 0.250. The zero-order valence-corrected chi connectivity index (χ0v) is 10.6. The lowest BCUT2D eigenvalue weighted by molar-refractivity contribution is 0.788. The summed E-state index contributed by atoms with van der Waals surface area (Å²) in [6.07, 6.45) is 2.45. The van der Waals surface area contributed by atoms with Gasteiger partial charge in [0.1, 0.15) is 18.2 Å². The van der Waals surface area contributed by atoms with E-state index in [4.69, 9.17) is 16.9 Å². The van der Waals surface area contributed by atoms with Gasteiger partial charge in [0.15, 0.2) is 0 Å². The Morgan fingerprint density at radius 2 is 2.33 bits per heavy atom. The van der Waals surface area contributed by atoms with Crippen molar-refractivity contribution in [1.29, 1.82) is 5.26 Å². The minimum Gasteiger partial charge on any atom is -0.385 e. The van der Waals surface area contributed by atoms with Crippen LogP contribution in [0.15, 0.2) is 24.5 Å². The normalized spacial score (nSPS) is 10.1. The van der Waals surface area contributed by atoms with E-state index in [-0.39, 0.29) is 0 Å². The number of aryl methyl sites for hydroxylation is 1. The molecule has 0 saturated heterocycles. The van der Waals surface area contributed by atoms with E-state index in [1.807, 2.05) is 23.8 Å². The summed E-state index contributed by atoms with van der Waals surface area (Å²) < 4.78 is 1.88. The van der Waals surface area contributed by atoms with Crippen molar-refractivity contribution in [1.82, 2.24) is 14.8 Å². The van der Waals surface area contributed by atoms with Gasteiger partial charge in [-0.05, 0) is 18.2 Å². The van der Waals surface area contributed by atoms with Crippen LogP contribution in [0.3, 0.4) is 0 Å². The highest BCUT2D eigenvalue weighted by Gasteiger charge is 2.02. The van der Waals surface area contributed by atoms with Gasteiger partial charge in [-0.25, -0.2) is 0 Å². The topological polar surface area (TPSA) is 66.5 Å². The molecule has 2 rings (SSSR count). The van der Waals surface area contributed by atoms with Crippen LogP contribution in [-0.2, 0) is 13.5 Å². The highest BCUT2D eigenvalue weighted by Crippen LogP contribution is 2.19. The first kappa shape index (κ1) is 12.4. The van der Waals surface area contributed by atoms with E-state index in [0.717, 1.165) is 24.5 Å². The minimum atomic E-state index is 0.459. The molecule has 0 saturated carbocycles. The Bertz CT molecular complexity index is 584. The average Bonchev–Trinajstić information content (AvgIpc) is 2.75. The largest absolute Gasteiger partial charge is 0.385 e. The van der Waals surface area contributed by atoms with Gasteiger partial charge in [-0.1, -0.05) is 11.6 Å². The zero-order valence-electron chi connectivity index (χ0n) is 9.89. The molecule has 1 heterocycles. The van der Waals surface area contributed by atoms with Gasteiger partial charge in [-0.15, -0.1) is 10.2 Å². The molecule has 0 atom stereocenters. The summed E-state index contributed by atoms with van der Waals surface area (Å²) in [6.45, 7) is 0.731. The van der Waals surface area contributed by atoms with Crippen LogP contribution in [0, 0.1) is 11.3 Å². The van der Waals surface area contributed by atoms with Gasteiger partial charge in [0.25, 0.3) is 0 Å². The third-order valence-electron chi connectivity index (χ3n) is 2.57. The second-order valence-electron chi connectivity index (χ2n) is 3.84. The molecule has 6 heteroatoms. The molecule has 0 bridgehead atoms. The molecule has 0 unspecified atom stereocenters. The molecule has 0 aliphatic heterocycles. The van der Waals surface area contributed by atoms with E-state index in [1.165, 1.54) is 0 Å². The number of anilines is 1. The Hall–Kier alpha value is -2.06. The van der Waals surface area contributed by atoms with E-state index >= 15 is 0 Å². The zero-order chi connectivity index (χ0) is 13.0. The molecule has 5 nitrogen and oxygen atoms in total. The SMILES string of the molecule is Cn1cnnc1CCNc1ccc(C#N)c(Cl)c1. The van der Waals surface area contributed by atoms with Crippen molar-refractivity contribution >= 4 is 17.3 Å². The lowest BCUT2D eigenvalue weighted by Gasteiger charge is -2.06. The van der Waals surface area contributed by atoms with E-state index in [9.17, 15) is 0 Å². The average molecular weight is 262 g/mol. The number of nitriles is 1. The summed E-state index contributed by atoms with van der Waals surface area (Å²) in [4.78, 5) is 0. The van der Waals surface area contributed by atoms with Crippen molar-refractivity contribution in [2.75, 3.05) is 11.9 Å². The molecule has 92 valence electrons. The van der Waals surface area contributed by atoms with E-state index in [1.54, 1.807) is 18.5 Å². The predicted molar refractivity (Wildman–Crippen MR) is 69.4 cm³/mol. The third-order valence-corrected chi connectivity index (χ3v) is 2.89. The Balaban J connectivity index is 1.93. The van der Waals surface area contributed by atoms with Crippen molar-refractivity contribution in [2.45, 2.75) is 6.42 Å². The molecule has 1 aromatic carbocycles. The molecule has 18 heavy (non-hydrogen) atoms. The number of halogens is 1. The maximum atomic E-state index is 8.77. The summed E-state index contributed by atoms with van der Waals surface area (Å²) in [5, 5.41) is 20.3. The lowest BCUT2D eigenvalue weighted by atomic mass is 10.2. The smallest absolute Gasteiger partial charge is 0.134 e. The monoisotopic (exact) mass is 261 g/mol. The van der Waals surface area contributed by atoms with Gasteiger partial charge in [0, 0.05) is 25.7 Å². The predicted octanol–water partition coefficient (Wildman–Crippen LogP) is 1.99. The second-order valence-corrected chi connectivity index (χ2v) is 4.25. The van der Waals surface area contributed by atoms with Crippen molar-refractivity contribution in [3.8, 4) is 6.07 Å². The van der Waals surface area contributed by atoms with Crippen molar-refractivity contribution in [2.24, 2.45) is 7.05 Å². The molecule has 0 aliphatic rings. The van der Waals surface area contributed by atoms with Crippen LogP contribution >= 0.6 is 11.6 Å². The van der Waals surface area contributed by atoms with Crippen LogP contribution in [0.5, 0.6) is 0 Å². The van der Waals surface area contributed by atoms with E-state index < -0.39 is 0 Å². The molecule has 1 N–H and O–H groups in total. The molecular formula is C12H12ClN5. The fourth-order valence-corrected chi connectivity index (χ4v) is 1.79. The van der Waals surface area contributed by atoms with Gasteiger partial charge in [0.05, 0.1) is 10.6 Å². The highest BCUT2D eigenvalue weighted by atomic mass is 35.5. The molecule has 0 aliphatic carbocycles. The minimum absolute atomic E-state index is 0.459. The van der Waals surface area contributed by atoms with Gasteiger partial charge >= 0.3 is 0 Å². The number of hydrogen-bond donors (Lipinski definition) is 1. The van der Waals surface area contributed by atoms with Crippen LogP contribution in [0.1, 0.15) is 11.4 Å². The maximum Gasteiger partial charge on any atom is 0.134 e. The van der Waals surface area contributed by atoms with Crippen LogP contribution in [0.4, 0.5) is 5.69 Å². The maximum absolute atomic E-state index is 8.77. The van der Waals surface area contributed by atoms with Gasteiger partial charge in [-0.3, -0.25) is 0 Å². The summed E-state index contributed by atoms with van der Waals surface area (Å²) in [6, 6.07) is 7.31. The number of nitrogens with one attached hydrogen (secondary N) is 1. The molecule has 1 aromatic heterocycles. The van der Waals surface area contributed by atoms with Gasteiger partial charge < -0.3 is 9.88 Å². The second kappa shape index (κ2) is 5.52. The van der Waals surface area contributed by atoms with Crippen molar-refractivity contribution in [3.05, 3.63) is 40.9 Å². The fourth-order valence-electron chi connectivity index (χ4n) is 1.57.